The molecule has 8 heteroatoms. The minimum Gasteiger partial charge on any atom is -0.466 e. The van der Waals surface area contributed by atoms with Crippen molar-refractivity contribution in [2.24, 2.45) is 0 Å². The second kappa shape index (κ2) is 6.29. The molecule has 1 aromatic carbocycles. The fraction of sp³-hybridized carbons (Fsp3) is 0.467. The summed E-state index contributed by atoms with van der Waals surface area (Å²) < 4.78 is 37.1. The van der Waals surface area contributed by atoms with Crippen LogP contribution in [0.2, 0.25) is 0 Å². The van der Waals surface area contributed by atoms with Gasteiger partial charge in [0.2, 0.25) is 15.6 Å². The number of ether oxygens (including phenoxy) is 2. The summed E-state index contributed by atoms with van der Waals surface area (Å²) in [5.74, 6) is -1.33. The lowest BCUT2D eigenvalue weighted by atomic mass is 9.93. The van der Waals surface area contributed by atoms with E-state index in [0.29, 0.717) is 0 Å². The fourth-order valence-electron chi connectivity index (χ4n) is 2.50. The first-order valence-corrected chi connectivity index (χ1v) is 8.59. The number of hydrogen-bond acceptors (Lipinski definition) is 6. The second-order valence-electron chi connectivity index (χ2n) is 5.51. The van der Waals surface area contributed by atoms with Gasteiger partial charge in [-0.15, -0.1) is 0 Å². The van der Waals surface area contributed by atoms with E-state index in [9.17, 15) is 18.0 Å². The number of aryl methyl sites for hydroxylation is 1. The number of methoxy groups -OCH3 is 1. The number of rotatable bonds is 5. The van der Waals surface area contributed by atoms with Crippen molar-refractivity contribution in [1.29, 1.82) is 0 Å². The van der Waals surface area contributed by atoms with Crippen molar-refractivity contribution < 1.29 is 27.5 Å². The van der Waals surface area contributed by atoms with E-state index in [-0.39, 0.29) is 17.7 Å². The number of nitrogens with one attached hydrogen (secondary N) is 1. The molecule has 7 nitrogen and oxygen atoms in total. The zero-order chi connectivity index (χ0) is 17.3. The van der Waals surface area contributed by atoms with E-state index < -0.39 is 33.6 Å². The molecule has 126 valence electrons. The number of sulfonamides is 1. The molecule has 0 saturated carbocycles. The zero-order valence-corrected chi connectivity index (χ0v) is 14.0. The molecule has 1 aromatic rings. The first kappa shape index (κ1) is 17.4. The van der Waals surface area contributed by atoms with E-state index in [4.69, 9.17) is 9.47 Å². The Labute approximate surface area is 135 Å². The van der Waals surface area contributed by atoms with Crippen molar-refractivity contribution in [1.82, 2.24) is 4.72 Å². The van der Waals surface area contributed by atoms with Crippen LogP contribution in [0.4, 0.5) is 0 Å². The van der Waals surface area contributed by atoms with E-state index in [0.717, 1.165) is 12.7 Å². The number of hydrogen-bond donors (Lipinski definition) is 1. The molecular weight excluding hydrogens is 322 g/mol. The monoisotopic (exact) mass is 341 g/mol. The third-order valence-corrected chi connectivity index (χ3v) is 5.45. The predicted octanol–water partition coefficient (Wildman–Crippen LogP) is 0.911. The highest BCUT2D eigenvalue weighted by atomic mass is 32.2. The molecular formula is C15H19NO6S. The van der Waals surface area contributed by atoms with Gasteiger partial charge in [0, 0.05) is 6.42 Å². The summed E-state index contributed by atoms with van der Waals surface area (Å²) in [4.78, 5) is 23.6. The lowest BCUT2D eigenvalue weighted by molar-refractivity contribution is -0.174. The van der Waals surface area contributed by atoms with Gasteiger partial charge >= 0.3 is 11.9 Å². The number of carbonyl (C=O) groups excluding carboxylic acids is 2. The minimum absolute atomic E-state index is 0.0334. The SMILES string of the molecule is COC(=O)C1(C(C)NS(=O)(=O)c2ccc(C)cc2)CCC(=O)O1. The van der Waals surface area contributed by atoms with E-state index in [2.05, 4.69) is 4.72 Å². The summed E-state index contributed by atoms with van der Waals surface area (Å²) in [5, 5.41) is 0. The van der Waals surface area contributed by atoms with Crippen LogP contribution in [0, 0.1) is 6.92 Å². The molecule has 0 aliphatic carbocycles. The van der Waals surface area contributed by atoms with E-state index in [1.54, 1.807) is 12.1 Å². The maximum Gasteiger partial charge on any atom is 0.352 e. The van der Waals surface area contributed by atoms with Gasteiger partial charge in [0.25, 0.3) is 0 Å². The van der Waals surface area contributed by atoms with Crippen LogP contribution >= 0.6 is 0 Å². The van der Waals surface area contributed by atoms with Crippen molar-refractivity contribution >= 4 is 22.0 Å². The number of cyclic esters (lactones) is 1. The molecule has 1 aliphatic rings. The molecule has 1 N–H and O–H groups in total. The molecule has 0 spiro atoms. The van der Waals surface area contributed by atoms with Gasteiger partial charge in [-0.25, -0.2) is 17.9 Å². The average molecular weight is 341 g/mol. The predicted molar refractivity (Wildman–Crippen MR) is 81.0 cm³/mol. The Morgan fingerprint density at radius 3 is 2.43 bits per heavy atom. The summed E-state index contributed by atoms with van der Waals surface area (Å²) in [5.41, 5.74) is -0.711. The maximum absolute atomic E-state index is 12.4. The van der Waals surface area contributed by atoms with Gasteiger partial charge in [-0.05, 0) is 26.0 Å². The number of esters is 2. The smallest absolute Gasteiger partial charge is 0.352 e. The van der Waals surface area contributed by atoms with Gasteiger partial charge in [-0.2, -0.15) is 0 Å². The largest absolute Gasteiger partial charge is 0.466 e. The number of carbonyl (C=O) groups is 2. The highest BCUT2D eigenvalue weighted by Gasteiger charge is 2.53. The summed E-state index contributed by atoms with van der Waals surface area (Å²) >= 11 is 0. The molecule has 0 aromatic heterocycles. The van der Waals surface area contributed by atoms with Gasteiger partial charge < -0.3 is 9.47 Å². The maximum atomic E-state index is 12.4. The normalized spacial score (nSPS) is 22.5. The van der Waals surface area contributed by atoms with Gasteiger partial charge in [0.1, 0.15) is 0 Å². The fourth-order valence-corrected chi connectivity index (χ4v) is 3.79. The third-order valence-electron chi connectivity index (χ3n) is 3.89. The van der Waals surface area contributed by atoms with Crippen LogP contribution in [-0.2, 0) is 29.1 Å². The second-order valence-corrected chi connectivity index (χ2v) is 7.23. The van der Waals surface area contributed by atoms with E-state index in [1.807, 2.05) is 6.92 Å². The molecule has 0 radical (unpaired) electrons. The van der Waals surface area contributed by atoms with Gasteiger partial charge in [-0.1, -0.05) is 17.7 Å². The average Bonchev–Trinajstić information content (AvgIpc) is 2.90. The molecule has 23 heavy (non-hydrogen) atoms. The molecule has 2 unspecified atom stereocenters. The topological polar surface area (TPSA) is 98.8 Å². The summed E-state index contributed by atoms with van der Waals surface area (Å²) in [6.07, 6.45) is 0.0990. The Morgan fingerprint density at radius 2 is 1.96 bits per heavy atom. The summed E-state index contributed by atoms with van der Waals surface area (Å²) in [6, 6.07) is 5.31. The van der Waals surface area contributed by atoms with Crippen molar-refractivity contribution in [2.75, 3.05) is 7.11 Å². The minimum atomic E-state index is -3.86. The van der Waals surface area contributed by atoms with Crippen LogP contribution in [-0.4, -0.2) is 39.1 Å². The van der Waals surface area contributed by atoms with Crippen molar-refractivity contribution in [2.45, 2.75) is 43.2 Å². The summed E-state index contributed by atoms with van der Waals surface area (Å²) in [7, 11) is -2.70. The molecule has 0 amide bonds. The van der Waals surface area contributed by atoms with Crippen LogP contribution < -0.4 is 4.72 Å². The van der Waals surface area contributed by atoms with E-state index >= 15 is 0 Å². The van der Waals surface area contributed by atoms with Crippen molar-refractivity contribution in [3.8, 4) is 0 Å². The Bertz CT molecular complexity index is 712. The van der Waals surface area contributed by atoms with Crippen molar-refractivity contribution in [3.63, 3.8) is 0 Å². The van der Waals surface area contributed by atoms with Gasteiger partial charge in [0.05, 0.1) is 24.5 Å². The molecule has 1 heterocycles. The Kier molecular flexibility index (Phi) is 4.76. The number of benzene rings is 1. The molecule has 0 bridgehead atoms. The Morgan fingerprint density at radius 1 is 1.35 bits per heavy atom. The lowest BCUT2D eigenvalue weighted by Gasteiger charge is -2.31. The van der Waals surface area contributed by atoms with Crippen LogP contribution in [0.5, 0.6) is 0 Å². The van der Waals surface area contributed by atoms with Crippen LogP contribution in [0.3, 0.4) is 0 Å². The highest BCUT2D eigenvalue weighted by Crippen LogP contribution is 2.32. The first-order chi connectivity index (χ1) is 10.7. The van der Waals surface area contributed by atoms with Crippen LogP contribution in [0.15, 0.2) is 29.2 Å². The van der Waals surface area contributed by atoms with Crippen LogP contribution in [0.1, 0.15) is 25.3 Å². The standard InChI is InChI=1S/C15H19NO6S/c1-10-4-6-12(7-5-10)23(19,20)16-11(2)15(14(18)21-3)9-8-13(17)22-15/h4-7,11,16H,8-9H2,1-3H3. The molecule has 2 rings (SSSR count). The van der Waals surface area contributed by atoms with Crippen molar-refractivity contribution in [3.05, 3.63) is 29.8 Å². The zero-order valence-electron chi connectivity index (χ0n) is 13.2. The van der Waals surface area contributed by atoms with E-state index in [1.165, 1.54) is 19.1 Å². The molecule has 1 fully saturated rings. The quantitative estimate of drug-likeness (QED) is 0.799. The Hall–Kier alpha value is -1.93. The molecule has 1 aliphatic heterocycles. The van der Waals surface area contributed by atoms with Gasteiger partial charge in [-0.3, -0.25) is 4.79 Å². The first-order valence-electron chi connectivity index (χ1n) is 7.10. The highest BCUT2D eigenvalue weighted by molar-refractivity contribution is 7.89. The Balaban J connectivity index is 2.28. The third kappa shape index (κ3) is 3.37. The lowest BCUT2D eigenvalue weighted by Crippen LogP contribution is -2.56. The van der Waals surface area contributed by atoms with Crippen LogP contribution in [0.25, 0.3) is 0 Å². The molecule has 2 atom stereocenters. The molecule has 1 saturated heterocycles. The summed E-state index contributed by atoms with van der Waals surface area (Å²) in [6.45, 7) is 3.32. The van der Waals surface area contributed by atoms with Gasteiger partial charge in [0.15, 0.2) is 0 Å².